The molecule has 2 rings (SSSR count). The van der Waals surface area contributed by atoms with Gasteiger partial charge in [-0.2, -0.15) is 0 Å². The van der Waals surface area contributed by atoms with Gasteiger partial charge in [-0.3, -0.25) is 4.79 Å². The maximum atomic E-state index is 12.2. The van der Waals surface area contributed by atoms with E-state index in [0.717, 1.165) is 14.4 Å². The van der Waals surface area contributed by atoms with Gasteiger partial charge in [0.1, 0.15) is 0 Å². The Labute approximate surface area is 153 Å². The fourth-order valence-electron chi connectivity index (χ4n) is 1.61. The molecule has 1 aromatic heterocycles. The highest BCUT2D eigenvalue weighted by Gasteiger charge is 2.18. The molecule has 1 unspecified atom stereocenters. The molecule has 1 aromatic carbocycles. The van der Waals surface area contributed by atoms with Gasteiger partial charge in [0.25, 0.3) is 0 Å². The molecule has 0 saturated heterocycles. The van der Waals surface area contributed by atoms with Crippen LogP contribution in [0.4, 0.5) is 5.69 Å². The van der Waals surface area contributed by atoms with E-state index in [4.69, 9.17) is 11.6 Å². The normalized spacial score (nSPS) is 12.1. The Kier molecular flexibility index (Phi) is 7.69. The van der Waals surface area contributed by atoms with Crippen molar-refractivity contribution < 1.29 is 4.79 Å². The monoisotopic (exact) mass is 387 g/mol. The van der Waals surface area contributed by atoms with Crippen LogP contribution in [0, 0.1) is 0 Å². The second-order valence-electron chi connectivity index (χ2n) is 4.77. The molecule has 1 amide bonds. The minimum absolute atomic E-state index is 0.0986. The number of rotatable bonds is 8. The number of thioether (sulfide) groups is 2. The summed E-state index contributed by atoms with van der Waals surface area (Å²) in [5.41, 5.74) is 0.625. The Morgan fingerprint density at radius 1 is 1.35 bits per heavy atom. The Bertz CT molecular complexity index is 650. The lowest BCUT2D eigenvalue weighted by molar-refractivity contribution is -0.115. The molecule has 1 N–H and O–H groups in total. The summed E-state index contributed by atoms with van der Waals surface area (Å²) in [6.07, 6.45) is 2.34. The molecule has 0 aliphatic carbocycles. The van der Waals surface area contributed by atoms with Gasteiger partial charge in [0.2, 0.25) is 5.91 Å². The number of halogens is 1. The smallest absolute Gasteiger partial charge is 0.237 e. The fraction of sp³-hybridized carbons (Fsp3) is 0.400. The van der Waals surface area contributed by atoms with Crippen molar-refractivity contribution in [3.8, 4) is 0 Å². The molecule has 0 aliphatic heterocycles. The molecule has 0 spiro atoms. The van der Waals surface area contributed by atoms with E-state index in [2.05, 4.69) is 22.4 Å². The van der Waals surface area contributed by atoms with Crippen LogP contribution >= 0.6 is 46.5 Å². The third kappa shape index (κ3) is 5.99. The Hall–Kier alpha value is -0.760. The molecular weight excluding hydrogens is 370 g/mol. The van der Waals surface area contributed by atoms with Crippen LogP contribution < -0.4 is 5.32 Å². The highest BCUT2D eigenvalue weighted by molar-refractivity contribution is 8.03. The van der Waals surface area contributed by atoms with Gasteiger partial charge in [-0.15, -0.1) is 10.2 Å². The van der Waals surface area contributed by atoms with Crippen molar-refractivity contribution >= 4 is 58.1 Å². The lowest BCUT2D eigenvalue weighted by atomic mass is 10.3. The largest absolute Gasteiger partial charge is 0.324 e. The molecule has 1 heterocycles. The SMILES string of the molecule is CCCCSc1nnc(SC(C)C(=O)Nc2ccccc2Cl)s1. The van der Waals surface area contributed by atoms with Gasteiger partial charge in [0.05, 0.1) is 16.0 Å². The van der Waals surface area contributed by atoms with Crippen LogP contribution in [-0.2, 0) is 4.79 Å². The number of aromatic nitrogens is 2. The van der Waals surface area contributed by atoms with Crippen molar-refractivity contribution in [1.29, 1.82) is 0 Å². The second-order valence-corrected chi connectivity index (χ2v) is 9.08. The van der Waals surface area contributed by atoms with E-state index in [-0.39, 0.29) is 11.2 Å². The van der Waals surface area contributed by atoms with Crippen LogP contribution in [0.25, 0.3) is 0 Å². The predicted molar refractivity (Wildman–Crippen MR) is 101 cm³/mol. The van der Waals surface area contributed by atoms with E-state index < -0.39 is 0 Å². The molecule has 4 nitrogen and oxygen atoms in total. The summed E-state index contributed by atoms with van der Waals surface area (Å²) in [5, 5.41) is 11.4. The maximum Gasteiger partial charge on any atom is 0.237 e. The molecule has 0 bridgehead atoms. The van der Waals surface area contributed by atoms with E-state index >= 15 is 0 Å². The third-order valence-corrected chi connectivity index (χ3v) is 6.55. The molecule has 124 valence electrons. The molecule has 1 atom stereocenters. The summed E-state index contributed by atoms with van der Waals surface area (Å²) in [4.78, 5) is 12.2. The van der Waals surface area contributed by atoms with Crippen molar-refractivity contribution in [2.45, 2.75) is 40.6 Å². The average molecular weight is 388 g/mol. The summed E-state index contributed by atoms with van der Waals surface area (Å²) in [6.45, 7) is 4.02. The number of hydrogen-bond acceptors (Lipinski definition) is 6. The van der Waals surface area contributed by atoms with Crippen molar-refractivity contribution in [1.82, 2.24) is 10.2 Å². The van der Waals surface area contributed by atoms with Crippen LogP contribution in [-0.4, -0.2) is 27.1 Å². The third-order valence-electron chi connectivity index (χ3n) is 2.89. The van der Waals surface area contributed by atoms with Gasteiger partial charge >= 0.3 is 0 Å². The van der Waals surface area contributed by atoms with Crippen LogP contribution in [0.2, 0.25) is 5.02 Å². The van der Waals surface area contributed by atoms with E-state index in [9.17, 15) is 4.79 Å². The number of carbonyl (C=O) groups excluding carboxylic acids is 1. The number of hydrogen-bond donors (Lipinski definition) is 1. The topological polar surface area (TPSA) is 54.9 Å². The number of carbonyl (C=O) groups is 1. The molecule has 0 radical (unpaired) electrons. The lowest BCUT2D eigenvalue weighted by Crippen LogP contribution is -2.22. The molecule has 2 aromatic rings. The zero-order chi connectivity index (χ0) is 16.7. The lowest BCUT2D eigenvalue weighted by Gasteiger charge is -2.11. The van der Waals surface area contributed by atoms with E-state index in [1.54, 1.807) is 23.9 Å². The first-order chi connectivity index (χ1) is 11.1. The van der Waals surface area contributed by atoms with Crippen molar-refractivity contribution in [2.24, 2.45) is 0 Å². The summed E-state index contributed by atoms with van der Waals surface area (Å²) in [6, 6.07) is 7.20. The van der Waals surface area contributed by atoms with Crippen LogP contribution in [0.15, 0.2) is 32.9 Å². The molecular formula is C15H18ClN3OS3. The second kappa shape index (κ2) is 9.52. The van der Waals surface area contributed by atoms with Gasteiger partial charge < -0.3 is 5.32 Å². The van der Waals surface area contributed by atoms with Gasteiger partial charge in [-0.1, -0.05) is 71.9 Å². The van der Waals surface area contributed by atoms with Crippen LogP contribution in [0.3, 0.4) is 0 Å². The van der Waals surface area contributed by atoms with Gasteiger partial charge in [-0.05, 0) is 25.5 Å². The van der Waals surface area contributed by atoms with E-state index in [1.165, 1.54) is 35.9 Å². The Morgan fingerprint density at radius 3 is 2.83 bits per heavy atom. The number of nitrogens with one attached hydrogen (secondary N) is 1. The van der Waals surface area contributed by atoms with Gasteiger partial charge in [-0.25, -0.2) is 0 Å². The first-order valence-electron chi connectivity index (χ1n) is 7.28. The first-order valence-corrected chi connectivity index (χ1v) is 10.3. The van der Waals surface area contributed by atoms with Gasteiger partial charge in [0.15, 0.2) is 8.68 Å². The zero-order valence-corrected chi connectivity index (χ0v) is 16.1. The minimum Gasteiger partial charge on any atom is -0.324 e. The molecule has 0 aliphatic rings. The standard InChI is InChI=1S/C15H18ClN3OS3/c1-3-4-9-21-14-18-19-15(23-14)22-10(2)13(20)17-12-8-6-5-7-11(12)16/h5-8,10H,3-4,9H2,1-2H3,(H,17,20). The number of benzene rings is 1. The molecule has 0 saturated carbocycles. The first kappa shape index (κ1) is 18.6. The molecule has 0 fully saturated rings. The number of amides is 1. The average Bonchev–Trinajstić information content (AvgIpc) is 2.97. The van der Waals surface area contributed by atoms with Crippen LogP contribution in [0.5, 0.6) is 0 Å². The van der Waals surface area contributed by atoms with Crippen molar-refractivity contribution in [3.05, 3.63) is 29.3 Å². The summed E-state index contributed by atoms with van der Waals surface area (Å²) >= 11 is 10.7. The van der Waals surface area contributed by atoms with Gasteiger partial charge in [0, 0.05) is 5.75 Å². The quantitative estimate of drug-likeness (QED) is 0.498. The van der Waals surface area contributed by atoms with E-state index in [0.29, 0.717) is 10.7 Å². The summed E-state index contributed by atoms with van der Waals surface area (Å²) in [5.74, 6) is 0.955. The van der Waals surface area contributed by atoms with Crippen molar-refractivity contribution in [3.63, 3.8) is 0 Å². The van der Waals surface area contributed by atoms with Crippen LogP contribution in [0.1, 0.15) is 26.7 Å². The Balaban J connectivity index is 1.87. The fourth-order valence-corrected chi connectivity index (χ4v) is 5.11. The van der Waals surface area contributed by atoms with E-state index in [1.807, 2.05) is 19.1 Å². The Morgan fingerprint density at radius 2 is 2.09 bits per heavy atom. The highest BCUT2D eigenvalue weighted by atomic mass is 35.5. The number of unbranched alkanes of at least 4 members (excludes halogenated alkanes) is 1. The molecule has 8 heteroatoms. The number of nitrogens with zero attached hydrogens (tertiary/aromatic N) is 2. The number of para-hydroxylation sites is 1. The summed E-state index contributed by atoms with van der Waals surface area (Å²) < 4.78 is 1.77. The maximum absolute atomic E-state index is 12.2. The molecule has 23 heavy (non-hydrogen) atoms. The predicted octanol–water partition coefficient (Wildman–Crippen LogP) is 5.20. The summed E-state index contributed by atoms with van der Waals surface area (Å²) in [7, 11) is 0. The zero-order valence-electron chi connectivity index (χ0n) is 12.9. The minimum atomic E-state index is -0.271. The number of anilines is 1. The highest BCUT2D eigenvalue weighted by Crippen LogP contribution is 2.32. The van der Waals surface area contributed by atoms with Crippen molar-refractivity contribution in [2.75, 3.05) is 11.1 Å².